The lowest BCUT2D eigenvalue weighted by molar-refractivity contribution is 0.626. The Bertz CT molecular complexity index is 826. The minimum atomic E-state index is -0.307. The van der Waals surface area contributed by atoms with Gasteiger partial charge < -0.3 is 0 Å². The Balaban J connectivity index is 1.91. The van der Waals surface area contributed by atoms with Crippen LogP contribution in [0, 0.1) is 19.7 Å². The molecule has 0 aliphatic carbocycles. The van der Waals surface area contributed by atoms with Gasteiger partial charge in [0, 0.05) is 10.4 Å². The Morgan fingerprint density at radius 1 is 1.24 bits per heavy atom. The molecule has 0 aliphatic heterocycles. The number of hydrazone groups is 1. The van der Waals surface area contributed by atoms with Crippen molar-refractivity contribution in [2.45, 2.75) is 13.8 Å². The zero-order valence-electron chi connectivity index (χ0n) is 11.6. The number of rotatable bonds is 3. The maximum absolute atomic E-state index is 13.5. The van der Waals surface area contributed by atoms with E-state index in [1.54, 1.807) is 29.5 Å². The van der Waals surface area contributed by atoms with Gasteiger partial charge in [-0.05, 0) is 25.5 Å². The van der Waals surface area contributed by atoms with E-state index in [1.807, 2.05) is 13.8 Å². The van der Waals surface area contributed by atoms with E-state index in [-0.39, 0.29) is 5.82 Å². The van der Waals surface area contributed by atoms with Gasteiger partial charge in [0.2, 0.25) is 0 Å². The van der Waals surface area contributed by atoms with Crippen LogP contribution in [0.1, 0.15) is 16.0 Å². The van der Waals surface area contributed by atoms with Gasteiger partial charge >= 0.3 is 0 Å². The predicted molar refractivity (Wildman–Crippen MR) is 84.5 cm³/mol. The van der Waals surface area contributed by atoms with Crippen molar-refractivity contribution >= 4 is 33.6 Å². The van der Waals surface area contributed by atoms with Crippen LogP contribution in [-0.4, -0.2) is 16.2 Å². The first-order valence-electron chi connectivity index (χ1n) is 6.41. The second-order valence-electron chi connectivity index (χ2n) is 4.58. The molecule has 21 heavy (non-hydrogen) atoms. The SMILES string of the molecule is Cc1sc2ncnc(NN=Cc3ccccc3F)c2c1C. The summed E-state index contributed by atoms with van der Waals surface area (Å²) in [7, 11) is 0. The molecule has 0 unspecified atom stereocenters. The van der Waals surface area contributed by atoms with E-state index in [2.05, 4.69) is 20.5 Å². The summed E-state index contributed by atoms with van der Waals surface area (Å²) < 4.78 is 13.5. The van der Waals surface area contributed by atoms with Gasteiger partial charge in [-0.3, -0.25) is 5.43 Å². The van der Waals surface area contributed by atoms with Gasteiger partial charge in [0.25, 0.3) is 0 Å². The highest BCUT2D eigenvalue weighted by Gasteiger charge is 2.11. The molecule has 0 aliphatic rings. The fraction of sp³-hybridized carbons (Fsp3) is 0.133. The summed E-state index contributed by atoms with van der Waals surface area (Å²) in [5.74, 6) is 0.327. The number of benzene rings is 1. The summed E-state index contributed by atoms with van der Waals surface area (Å²) in [6.07, 6.45) is 2.94. The van der Waals surface area contributed by atoms with E-state index in [4.69, 9.17) is 0 Å². The first-order valence-corrected chi connectivity index (χ1v) is 7.23. The second-order valence-corrected chi connectivity index (χ2v) is 5.78. The molecule has 3 aromatic rings. The highest BCUT2D eigenvalue weighted by atomic mass is 32.1. The van der Waals surface area contributed by atoms with Crippen LogP contribution in [0.3, 0.4) is 0 Å². The fourth-order valence-electron chi connectivity index (χ4n) is 2.01. The number of nitrogens with one attached hydrogen (secondary N) is 1. The molecule has 0 spiro atoms. The Labute approximate surface area is 125 Å². The van der Waals surface area contributed by atoms with Gasteiger partial charge in [-0.15, -0.1) is 11.3 Å². The molecule has 1 N–H and O–H groups in total. The Morgan fingerprint density at radius 3 is 2.86 bits per heavy atom. The molecule has 6 heteroatoms. The number of fused-ring (bicyclic) bond motifs is 1. The highest BCUT2D eigenvalue weighted by molar-refractivity contribution is 7.18. The predicted octanol–water partition coefficient (Wildman–Crippen LogP) is 3.89. The van der Waals surface area contributed by atoms with E-state index in [1.165, 1.54) is 23.5 Å². The van der Waals surface area contributed by atoms with Crippen molar-refractivity contribution < 1.29 is 4.39 Å². The first-order chi connectivity index (χ1) is 10.2. The first kappa shape index (κ1) is 13.6. The van der Waals surface area contributed by atoms with Crippen molar-refractivity contribution in [3.63, 3.8) is 0 Å². The molecule has 0 radical (unpaired) electrons. The standard InChI is InChI=1S/C15H13FN4S/c1-9-10(2)21-15-13(9)14(17-8-18-15)20-19-7-11-5-3-4-6-12(11)16/h3-8H,1-2H3,(H,17,18,20). The van der Waals surface area contributed by atoms with E-state index in [9.17, 15) is 4.39 Å². The summed E-state index contributed by atoms with van der Waals surface area (Å²) in [5.41, 5.74) is 4.44. The molecule has 3 rings (SSSR count). The molecular weight excluding hydrogens is 287 g/mol. The summed E-state index contributed by atoms with van der Waals surface area (Å²) >= 11 is 1.62. The number of hydrogen-bond donors (Lipinski definition) is 1. The lowest BCUT2D eigenvalue weighted by atomic mass is 10.2. The van der Waals surface area contributed by atoms with E-state index >= 15 is 0 Å². The van der Waals surface area contributed by atoms with Crippen molar-refractivity contribution in [3.05, 3.63) is 52.4 Å². The zero-order chi connectivity index (χ0) is 14.8. The molecule has 0 atom stereocenters. The van der Waals surface area contributed by atoms with Gasteiger partial charge in [-0.25, -0.2) is 14.4 Å². The van der Waals surface area contributed by atoms with Gasteiger partial charge in [-0.2, -0.15) is 5.10 Å². The van der Waals surface area contributed by atoms with Gasteiger partial charge in [0.15, 0.2) is 5.82 Å². The second kappa shape index (κ2) is 5.57. The molecule has 2 aromatic heterocycles. The highest BCUT2D eigenvalue weighted by Crippen LogP contribution is 2.32. The molecule has 0 bridgehead atoms. The molecule has 1 aromatic carbocycles. The molecule has 0 fully saturated rings. The quantitative estimate of drug-likeness (QED) is 0.589. The maximum Gasteiger partial charge on any atom is 0.158 e. The number of halogens is 1. The van der Waals surface area contributed by atoms with E-state index in [0.29, 0.717) is 11.4 Å². The van der Waals surface area contributed by atoms with Crippen LogP contribution in [0.4, 0.5) is 10.2 Å². The number of aryl methyl sites for hydroxylation is 2. The van der Waals surface area contributed by atoms with Crippen molar-refractivity contribution in [2.75, 3.05) is 5.43 Å². The van der Waals surface area contributed by atoms with Gasteiger partial charge in [0.05, 0.1) is 11.6 Å². The smallest absolute Gasteiger partial charge is 0.158 e. The molecule has 0 amide bonds. The average Bonchev–Trinajstić information content (AvgIpc) is 2.77. The maximum atomic E-state index is 13.5. The van der Waals surface area contributed by atoms with Crippen LogP contribution in [0.2, 0.25) is 0 Å². The van der Waals surface area contributed by atoms with Crippen LogP contribution in [-0.2, 0) is 0 Å². The molecule has 0 saturated carbocycles. The van der Waals surface area contributed by atoms with Crippen LogP contribution in [0.15, 0.2) is 35.7 Å². The summed E-state index contributed by atoms with van der Waals surface area (Å²) in [4.78, 5) is 10.6. The van der Waals surface area contributed by atoms with E-state index < -0.39 is 0 Å². The molecule has 106 valence electrons. The van der Waals surface area contributed by atoms with E-state index in [0.717, 1.165) is 15.8 Å². The third-order valence-electron chi connectivity index (χ3n) is 3.24. The average molecular weight is 300 g/mol. The fourth-order valence-corrected chi connectivity index (χ4v) is 3.01. The van der Waals surface area contributed by atoms with Crippen molar-refractivity contribution in [1.82, 2.24) is 9.97 Å². The largest absolute Gasteiger partial charge is 0.261 e. The summed E-state index contributed by atoms with van der Waals surface area (Å²) in [6.45, 7) is 4.08. The van der Waals surface area contributed by atoms with Crippen LogP contribution < -0.4 is 5.43 Å². The third-order valence-corrected chi connectivity index (χ3v) is 4.36. The summed E-state index contributed by atoms with van der Waals surface area (Å²) in [5, 5.41) is 5.04. The minimum Gasteiger partial charge on any atom is -0.261 e. The third kappa shape index (κ3) is 2.62. The molecule has 0 saturated heterocycles. The number of aromatic nitrogens is 2. The van der Waals surface area contributed by atoms with Crippen LogP contribution >= 0.6 is 11.3 Å². The van der Waals surface area contributed by atoms with Crippen molar-refractivity contribution in [2.24, 2.45) is 5.10 Å². The molecular formula is C15H13FN4S. The lowest BCUT2D eigenvalue weighted by Gasteiger charge is -2.02. The lowest BCUT2D eigenvalue weighted by Crippen LogP contribution is -1.96. The normalized spacial score (nSPS) is 11.4. The molecule has 2 heterocycles. The zero-order valence-corrected chi connectivity index (χ0v) is 12.4. The Morgan fingerprint density at radius 2 is 2.05 bits per heavy atom. The number of anilines is 1. The van der Waals surface area contributed by atoms with Crippen molar-refractivity contribution in [3.8, 4) is 0 Å². The van der Waals surface area contributed by atoms with Crippen molar-refractivity contribution in [1.29, 1.82) is 0 Å². The number of nitrogens with zero attached hydrogens (tertiary/aromatic N) is 3. The monoisotopic (exact) mass is 300 g/mol. The van der Waals surface area contributed by atoms with Gasteiger partial charge in [-0.1, -0.05) is 18.2 Å². The molecule has 4 nitrogen and oxygen atoms in total. The number of hydrogen-bond acceptors (Lipinski definition) is 5. The van der Waals surface area contributed by atoms with Gasteiger partial charge in [0.1, 0.15) is 17.0 Å². The minimum absolute atomic E-state index is 0.307. The topological polar surface area (TPSA) is 50.2 Å². The Kier molecular flexibility index (Phi) is 3.62. The number of thiophene rings is 1. The Hall–Kier alpha value is -2.34. The van der Waals surface area contributed by atoms with Crippen LogP contribution in [0.5, 0.6) is 0 Å². The summed E-state index contributed by atoms with van der Waals surface area (Å²) in [6, 6.07) is 6.47. The van der Waals surface area contributed by atoms with Crippen LogP contribution in [0.25, 0.3) is 10.2 Å².